The molecule has 0 aliphatic heterocycles. The molecule has 0 unspecified atom stereocenters. The van der Waals surface area contributed by atoms with Crippen LogP contribution in [0, 0.1) is 17.2 Å². The molecule has 1 aromatic heterocycles. The fourth-order valence-corrected chi connectivity index (χ4v) is 4.84. The van der Waals surface area contributed by atoms with Gasteiger partial charge >= 0.3 is 0 Å². The first-order valence-corrected chi connectivity index (χ1v) is 9.34. The summed E-state index contributed by atoms with van der Waals surface area (Å²) in [6.45, 7) is 2.22. The Kier molecular flexibility index (Phi) is 4.93. The van der Waals surface area contributed by atoms with E-state index in [0.717, 1.165) is 29.3 Å². The molecule has 0 saturated carbocycles. The monoisotopic (exact) mass is 404 g/mol. The van der Waals surface area contributed by atoms with Crippen LogP contribution in [0.1, 0.15) is 39.7 Å². The molecule has 0 fully saturated rings. The number of fused-ring (bicyclic) bond motifs is 1. The van der Waals surface area contributed by atoms with Gasteiger partial charge in [-0.05, 0) is 64.9 Å². The van der Waals surface area contributed by atoms with Crippen molar-refractivity contribution in [3.8, 4) is 11.8 Å². The van der Waals surface area contributed by atoms with E-state index in [1.54, 1.807) is 25.3 Å². The molecular weight excluding hydrogens is 388 g/mol. The molecule has 124 valence electrons. The maximum atomic E-state index is 12.5. The van der Waals surface area contributed by atoms with Crippen LogP contribution in [-0.2, 0) is 12.8 Å². The fourth-order valence-electron chi connectivity index (χ4n) is 2.94. The maximum absolute atomic E-state index is 12.5. The van der Waals surface area contributed by atoms with Crippen molar-refractivity contribution in [2.75, 3.05) is 12.4 Å². The van der Waals surface area contributed by atoms with Gasteiger partial charge in [-0.15, -0.1) is 11.3 Å². The number of amides is 1. The van der Waals surface area contributed by atoms with Crippen LogP contribution in [0.2, 0.25) is 0 Å². The van der Waals surface area contributed by atoms with Crippen molar-refractivity contribution >= 4 is 38.2 Å². The second-order valence-electron chi connectivity index (χ2n) is 5.97. The maximum Gasteiger partial charge on any atom is 0.256 e. The Morgan fingerprint density at radius 1 is 1.50 bits per heavy atom. The largest absolute Gasteiger partial charge is 0.496 e. The van der Waals surface area contributed by atoms with Gasteiger partial charge in [0, 0.05) is 10.4 Å². The summed E-state index contributed by atoms with van der Waals surface area (Å²) in [7, 11) is 1.58. The molecule has 1 N–H and O–H groups in total. The standard InChI is InChI=1S/C18H17BrN2O2S/c1-10-3-5-12-13(9-20)18(24-16(12)7-10)21-17(22)11-4-6-15(23-2)14(19)8-11/h4,6,8,10H,3,5,7H2,1-2H3,(H,21,22)/t10-/m0/s1. The van der Waals surface area contributed by atoms with E-state index in [1.807, 2.05) is 0 Å². The zero-order valence-corrected chi connectivity index (χ0v) is 15.9. The van der Waals surface area contributed by atoms with E-state index in [9.17, 15) is 10.1 Å². The summed E-state index contributed by atoms with van der Waals surface area (Å²) in [5.41, 5.74) is 2.26. The van der Waals surface area contributed by atoms with Crippen molar-refractivity contribution in [2.24, 2.45) is 5.92 Å². The molecule has 0 radical (unpaired) electrons. The summed E-state index contributed by atoms with van der Waals surface area (Å²) in [4.78, 5) is 13.8. The lowest BCUT2D eigenvalue weighted by Gasteiger charge is -2.17. The van der Waals surface area contributed by atoms with E-state index >= 15 is 0 Å². The number of ether oxygens (including phenoxy) is 1. The highest BCUT2D eigenvalue weighted by molar-refractivity contribution is 9.10. The number of nitrogens with one attached hydrogen (secondary N) is 1. The Hall–Kier alpha value is -1.84. The number of nitriles is 1. The van der Waals surface area contributed by atoms with Crippen LogP contribution in [0.15, 0.2) is 22.7 Å². The molecule has 1 atom stereocenters. The van der Waals surface area contributed by atoms with Gasteiger partial charge in [0.15, 0.2) is 0 Å². The van der Waals surface area contributed by atoms with Crippen molar-refractivity contribution in [1.82, 2.24) is 0 Å². The molecule has 1 aromatic carbocycles. The second-order valence-corrected chi connectivity index (χ2v) is 7.93. The van der Waals surface area contributed by atoms with Crippen LogP contribution in [0.3, 0.4) is 0 Å². The normalized spacial score (nSPS) is 16.2. The van der Waals surface area contributed by atoms with Crippen molar-refractivity contribution in [2.45, 2.75) is 26.2 Å². The molecule has 1 amide bonds. The molecule has 4 nitrogen and oxygen atoms in total. The summed E-state index contributed by atoms with van der Waals surface area (Å²) < 4.78 is 5.90. The van der Waals surface area contributed by atoms with E-state index in [2.05, 4.69) is 34.2 Å². The van der Waals surface area contributed by atoms with Gasteiger partial charge in [0.05, 0.1) is 17.1 Å². The lowest BCUT2D eigenvalue weighted by atomic mass is 9.88. The molecule has 1 heterocycles. The average molecular weight is 405 g/mol. The number of nitrogens with zero attached hydrogens (tertiary/aromatic N) is 1. The average Bonchev–Trinajstić information content (AvgIpc) is 2.90. The number of rotatable bonds is 3. The highest BCUT2D eigenvalue weighted by Gasteiger charge is 2.25. The molecule has 24 heavy (non-hydrogen) atoms. The van der Waals surface area contributed by atoms with Crippen LogP contribution in [0.5, 0.6) is 5.75 Å². The first-order chi connectivity index (χ1) is 11.5. The highest BCUT2D eigenvalue weighted by Crippen LogP contribution is 2.39. The zero-order valence-electron chi connectivity index (χ0n) is 13.5. The first-order valence-electron chi connectivity index (χ1n) is 7.73. The Balaban J connectivity index is 1.87. The minimum Gasteiger partial charge on any atom is -0.496 e. The van der Waals surface area contributed by atoms with Crippen LogP contribution in [-0.4, -0.2) is 13.0 Å². The first kappa shape index (κ1) is 17.0. The number of hydrogen-bond acceptors (Lipinski definition) is 4. The number of carbonyl (C=O) groups is 1. The number of anilines is 1. The predicted octanol–water partition coefficient (Wildman–Crippen LogP) is 4.77. The van der Waals surface area contributed by atoms with Gasteiger partial charge in [-0.3, -0.25) is 4.79 Å². The van der Waals surface area contributed by atoms with Gasteiger partial charge in [0.25, 0.3) is 5.91 Å². The van der Waals surface area contributed by atoms with E-state index < -0.39 is 0 Å². The Morgan fingerprint density at radius 2 is 2.29 bits per heavy atom. The van der Waals surface area contributed by atoms with E-state index in [4.69, 9.17) is 4.74 Å². The number of hydrogen-bond donors (Lipinski definition) is 1. The van der Waals surface area contributed by atoms with Crippen molar-refractivity contribution in [3.05, 3.63) is 44.2 Å². The third kappa shape index (κ3) is 3.19. The summed E-state index contributed by atoms with van der Waals surface area (Å²) >= 11 is 4.92. The summed E-state index contributed by atoms with van der Waals surface area (Å²) in [5, 5.41) is 13.1. The van der Waals surface area contributed by atoms with Gasteiger partial charge in [-0.1, -0.05) is 6.92 Å². The highest BCUT2D eigenvalue weighted by atomic mass is 79.9. The molecule has 1 aliphatic rings. The third-order valence-corrected chi connectivity index (χ3v) is 6.05. The van der Waals surface area contributed by atoms with E-state index in [0.29, 0.717) is 27.8 Å². The van der Waals surface area contributed by atoms with Crippen LogP contribution in [0.25, 0.3) is 0 Å². The number of carbonyl (C=O) groups excluding carboxylic acids is 1. The van der Waals surface area contributed by atoms with Gasteiger partial charge < -0.3 is 10.1 Å². The minimum absolute atomic E-state index is 0.221. The smallest absolute Gasteiger partial charge is 0.256 e. The number of thiophene rings is 1. The molecule has 2 aromatic rings. The summed E-state index contributed by atoms with van der Waals surface area (Å²) in [5.74, 6) is 1.08. The van der Waals surface area contributed by atoms with Gasteiger partial charge in [-0.2, -0.15) is 5.26 Å². The predicted molar refractivity (Wildman–Crippen MR) is 98.9 cm³/mol. The third-order valence-electron chi connectivity index (χ3n) is 4.26. The SMILES string of the molecule is COc1ccc(C(=O)Nc2sc3c(c2C#N)CC[C@H](C)C3)cc1Br. The van der Waals surface area contributed by atoms with Crippen LogP contribution in [0.4, 0.5) is 5.00 Å². The molecule has 6 heteroatoms. The van der Waals surface area contributed by atoms with E-state index in [1.165, 1.54) is 16.2 Å². The van der Waals surface area contributed by atoms with Crippen molar-refractivity contribution < 1.29 is 9.53 Å². The summed E-state index contributed by atoms with van der Waals surface area (Å²) in [6, 6.07) is 7.44. The fraction of sp³-hybridized carbons (Fsp3) is 0.333. The molecule has 0 saturated heterocycles. The molecule has 0 spiro atoms. The van der Waals surface area contributed by atoms with Crippen molar-refractivity contribution in [3.63, 3.8) is 0 Å². The number of methoxy groups -OCH3 is 1. The summed E-state index contributed by atoms with van der Waals surface area (Å²) in [6.07, 6.45) is 3.00. The Labute approximate surface area is 153 Å². The molecule has 3 rings (SSSR count). The Morgan fingerprint density at radius 3 is 2.96 bits per heavy atom. The zero-order chi connectivity index (χ0) is 17.3. The van der Waals surface area contributed by atoms with Crippen molar-refractivity contribution in [1.29, 1.82) is 5.26 Å². The van der Waals surface area contributed by atoms with Gasteiger partial charge in [-0.25, -0.2) is 0 Å². The Bertz CT molecular complexity index is 838. The lowest BCUT2D eigenvalue weighted by Crippen LogP contribution is -2.12. The minimum atomic E-state index is -0.221. The van der Waals surface area contributed by atoms with Crippen LogP contribution < -0.4 is 10.1 Å². The van der Waals surface area contributed by atoms with Gasteiger partial charge in [0.2, 0.25) is 0 Å². The number of benzene rings is 1. The molecule has 1 aliphatic carbocycles. The van der Waals surface area contributed by atoms with Crippen LogP contribution >= 0.6 is 27.3 Å². The second kappa shape index (κ2) is 6.96. The lowest BCUT2D eigenvalue weighted by molar-refractivity contribution is 0.102. The topological polar surface area (TPSA) is 62.1 Å². The quantitative estimate of drug-likeness (QED) is 0.801. The molecular formula is C18H17BrN2O2S. The molecule has 0 bridgehead atoms. The number of halogens is 1. The van der Waals surface area contributed by atoms with E-state index in [-0.39, 0.29) is 5.91 Å². The van der Waals surface area contributed by atoms with Gasteiger partial charge in [0.1, 0.15) is 16.8 Å².